The quantitative estimate of drug-likeness (QED) is 0.517. The van der Waals surface area contributed by atoms with Crippen molar-refractivity contribution in [1.82, 2.24) is 9.97 Å². The van der Waals surface area contributed by atoms with Crippen molar-refractivity contribution in [2.24, 2.45) is 5.73 Å². The summed E-state index contributed by atoms with van der Waals surface area (Å²) >= 11 is 0. The molecule has 0 saturated carbocycles. The van der Waals surface area contributed by atoms with Gasteiger partial charge in [0.2, 0.25) is 0 Å². The predicted octanol–water partition coefficient (Wildman–Crippen LogP) is 0.0107. The molecule has 5 heteroatoms. The lowest BCUT2D eigenvalue weighted by Crippen LogP contribution is -2.14. The third-order valence-corrected chi connectivity index (χ3v) is 1.46. The molecule has 72 valence electrons. The molecular weight excluding hydrogens is 180 g/mol. The SMILES string of the molecule is C#CCCNc1cncc(C(N)=O)n1. The lowest BCUT2D eigenvalue weighted by molar-refractivity contribution is 0.0995. The molecule has 0 atom stereocenters. The van der Waals surface area contributed by atoms with Crippen molar-refractivity contribution in [3.8, 4) is 12.3 Å². The summed E-state index contributed by atoms with van der Waals surface area (Å²) in [4.78, 5) is 18.5. The van der Waals surface area contributed by atoms with Gasteiger partial charge in [0.1, 0.15) is 11.5 Å². The molecule has 0 bridgehead atoms. The molecule has 0 aromatic carbocycles. The highest BCUT2D eigenvalue weighted by molar-refractivity contribution is 5.90. The number of hydrogen-bond donors (Lipinski definition) is 2. The normalized spacial score (nSPS) is 9.07. The minimum absolute atomic E-state index is 0.135. The zero-order valence-electron chi connectivity index (χ0n) is 7.53. The number of hydrogen-bond acceptors (Lipinski definition) is 4. The van der Waals surface area contributed by atoms with Crippen molar-refractivity contribution >= 4 is 11.7 Å². The molecule has 3 N–H and O–H groups in total. The van der Waals surface area contributed by atoms with Gasteiger partial charge in [0.15, 0.2) is 0 Å². The van der Waals surface area contributed by atoms with Gasteiger partial charge in [-0.15, -0.1) is 12.3 Å². The van der Waals surface area contributed by atoms with Crippen LogP contribution in [0.3, 0.4) is 0 Å². The molecule has 0 fully saturated rings. The summed E-state index contributed by atoms with van der Waals surface area (Å²) in [5.41, 5.74) is 5.17. The van der Waals surface area contributed by atoms with Crippen LogP contribution >= 0.6 is 0 Å². The Morgan fingerprint density at radius 1 is 1.64 bits per heavy atom. The second-order valence-corrected chi connectivity index (χ2v) is 2.53. The van der Waals surface area contributed by atoms with E-state index in [1.807, 2.05) is 0 Å². The fourth-order valence-corrected chi connectivity index (χ4v) is 0.833. The summed E-state index contributed by atoms with van der Waals surface area (Å²) in [6.45, 7) is 0.591. The van der Waals surface area contributed by atoms with Gasteiger partial charge in [-0.05, 0) is 0 Å². The molecule has 5 nitrogen and oxygen atoms in total. The van der Waals surface area contributed by atoms with Gasteiger partial charge in [-0.3, -0.25) is 9.78 Å². The minimum atomic E-state index is -0.599. The number of aromatic nitrogens is 2. The Hall–Kier alpha value is -2.09. The zero-order chi connectivity index (χ0) is 10.4. The maximum absolute atomic E-state index is 10.7. The van der Waals surface area contributed by atoms with Gasteiger partial charge in [-0.25, -0.2) is 4.98 Å². The van der Waals surface area contributed by atoms with Crippen molar-refractivity contribution in [2.45, 2.75) is 6.42 Å². The van der Waals surface area contributed by atoms with E-state index in [2.05, 4.69) is 21.2 Å². The van der Waals surface area contributed by atoms with E-state index >= 15 is 0 Å². The highest BCUT2D eigenvalue weighted by atomic mass is 16.1. The minimum Gasteiger partial charge on any atom is -0.368 e. The summed E-state index contributed by atoms with van der Waals surface area (Å²) in [6.07, 6.45) is 8.47. The number of primary amides is 1. The summed E-state index contributed by atoms with van der Waals surface area (Å²) in [5, 5.41) is 2.92. The number of carbonyl (C=O) groups is 1. The predicted molar refractivity (Wildman–Crippen MR) is 52.5 cm³/mol. The maximum Gasteiger partial charge on any atom is 0.268 e. The Balaban J connectivity index is 2.65. The van der Waals surface area contributed by atoms with E-state index in [4.69, 9.17) is 12.2 Å². The molecule has 1 aromatic heterocycles. The number of rotatable bonds is 4. The Kier molecular flexibility index (Phi) is 3.44. The molecule has 0 aliphatic carbocycles. The molecule has 1 rings (SSSR count). The topological polar surface area (TPSA) is 80.9 Å². The summed E-state index contributed by atoms with van der Waals surface area (Å²) in [5.74, 6) is 2.37. The molecule has 0 aliphatic heterocycles. The van der Waals surface area contributed by atoms with Gasteiger partial charge in [0.25, 0.3) is 5.91 Å². The van der Waals surface area contributed by atoms with Crippen LogP contribution < -0.4 is 11.1 Å². The number of anilines is 1. The first-order valence-corrected chi connectivity index (χ1v) is 4.03. The van der Waals surface area contributed by atoms with Crippen LogP contribution in [0.1, 0.15) is 16.9 Å². The highest BCUT2D eigenvalue weighted by Gasteiger charge is 2.02. The highest BCUT2D eigenvalue weighted by Crippen LogP contribution is 2.01. The fourth-order valence-electron chi connectivity index (χ4n) is 0.833. The van der Waals surface area contributed by atoms with Crippen LogP contribution in [0.5, 0.6) is 0 Å². The smallest absolute Gasteiger partial charge is 0.268 e. The Labute approximate surface area is 81.7 Å². The molecule has 14 heavy (non-hydrogen) atoms. The molecule has 0 spiro atoms. The van der Waals surface area contributed by atoms with Crippen LogP contribution in [-0.4, -0.2) is 22.4 Å². The number of nitrogens with two attached hydrogens (primary N) is 1. The van der Waals surface area contributed by atoms with Crippen molar-refractivity contribution in [1.29, 1.82) is 0 Å². The molecule has 0 aliphatic rings. The van der Waals surface area contributed by atoms with E-state index in [-0.39, 0.29) is 5.69 Å². The molecule has 1 aromatic rings. The fraction of sp³-hybridized carbons (Fsp3) is 0.222. The van der Waals surface area contributed by atoms with Crippen LogP contribution in [0.15, 0.2) is 12.4 Å². The Morgan fingerprint density at radius 3 is 3.07 bits per heavy atom. The summed E-state index contributed by atoms with van der Waals surface area (Å²) in [6, 6.07) is 0. The van der Waals surface area contributed by atoms with Crippen LogP contribution in [-0.2, 0) is 0 Å². The van der Waals surface area contributed by atoms with E-state index in [0.29, 0.717) is 18.8 Å². The lowest BCUT2D eigenvalue weighted by atomic mass is 10.4. The van der Waals surface area contributed by atoms with Crippen LogP contribution in [0.2, 0.25) is 0 Å². The number of carbonyl (C=O) groups excluding carboxylic acids is 1. The first kappa shape index (κ1) is 9.99. The first-order valence-electron chi connectivity index (χ1n) is 4.03. The van der Waals surface area contributed by atoms with Crippen LogP contribution in [0, 0.1) is 12.3 Å². The van der Waals surface area contributed by atoms with E-state index in [1.165, 1.54) is 12.4 Å². The summed E-state index contributed by atoms with van der Waals surface area (Å²) < 4.78 is 0. The molecular formula is C9H10N4O. The average Bonchev–Trinajstić information content (AvgIpc) is 2.19. The van der Waals surface area contributed by atoms with E-state index < -0.39 is 5.91 Å². The van der Waals surface area contributed by atoms with Gasteiger partial charge < -0.3 is 11.1 Å². The van der Waals surface area contributed by atoms with Gasteiger partial charge in [-0.2, -0.15) is 0 Å². The van der Waals surface area contributed by atoms with Crippen molar-refractivity contribution < 1.29 is 4.79 Å². The largest absolute Gasteiger partial charge is 0.368 e. The van der Waals surface area contributed by atoms with Gasteiger partial charge in [-0.1, -0.05) is 0 Å². The van der Waals surface area contributed by atoms with Gasteiger partial charge in [0, 0.05) is 13.0 Å². The first-order chi connectivity index (χ1) is 6.74. The second-order valence-electron chi connectivity index (χ2n) is 2.53. The van der Waals surface area contributed by atoms with Gasteiger partial charge >= 0.3 is 0 Å². The third kappa shape index (κ3) is 2.75. The molecule has 1 amide bonds. The standard InChI is InChI=1S/C9H10N4O/c1-2-3-4-12-8-6-11-5-7(13-8)9(10)14/h1,5-6H,3-4H2,(H2,10,14)(H,12,13). The third-order valence-electron chi connectivity index (χ3n) is 1.46. The number of terminal acetylenes is 1. The van der Waals surface area contributed by atoms with Crippen LogP contribution in [0.25, 0.3) is 0 Å². The molecule has 0 radical (unpaired) electrons. The van der Waals surface area contributed by atoms with E-state index in [1.54, 1.807) is 0 Å². The molecule has 0 unspecified atom stereocenters. The van der Waals surface area contributed by atoms with Crippen LogP contribution in [0.4, 0.5) is 5.82 Å². The number of nitrogens with zero attached hydrogens (tertiary/aromatic N) is 2. The number of nitrogens with one attached hydrogen (secondary N) is 1. The van der Waals surface area contributed by atoms with Crippen molar-refractivity contribution in [3.05, 3.63) is 18.1 Å². The monoisotopic (exact) mass is 190 g/mol. The molecule has 0 saturated heterocycles. The lowest BCUT2D eigenvalue weighted by Gasteiger charge is -2.02. The van der Waals surface area contributed by atoms with E-state index in [9.17, 15) is 4.79 Å². The van der Waals surface area contributed by atoms with Crippen molar-refractivity contribution in [3.63, 3.8) is 0 Å². The Bertz CT molecular complexity index is 369. The molecule has 1 heterocycles. The average molecular weight is 190 g/mol. The van der Waals surface area contributed by atoms with Gasteiger partial charge in [0.05, 0.1) is 12.4 Å². The Morgan fingerprint density at radius 2 is 2.43 bits per heavy atom. The van der Waals surface area contributed by atoms with Crippen molar-refractivity contribution in [2.75, 3.05) is 11.9 Å². The number of amides is 1. The zero-order valence-corrected chi connectivity index (χ0v) is 7.53. The second kappa shape index (κ2) is 4.82. The van der Waals surface area contributed by atoms with E-state index in [0.717, 1.165) is 0 Å². The maximum atomic E-state index is 10.7. The summed E-state index contributed by atoms with van der Waals surface area (Å²) in [7, 11) is 0.